The van der Waals surface area contributed by atoms with Crippen LogP contribution in [0.2, 0.25) is 0 Å². The number of nitrogens with zero attached hydrogens (tertiary/aromatic N) is 3. The third-order valence-electron chi connectivity index (χ3n) is 5.09. The van der Waals surface area contributed by atoms with E-state index in [1.807, 2.05) is 47.4 Å². The molecule has 0 N–H and O–H groups in total. The van der Waals surface area contributed by atoms with Gasteiger partial charge in [0.1, 0.15) is 5.75 Å². The second kappa shape index (κ2) is 10.6. The largest absolute Gasteiger partial charge is 0.497 e. The number of thiazole rings is 1. The van der Waals surface area contributed by atoms with Crippen LogP contribution >= 0.6 is 23.1 Å². The lowest BCUT2D eigenvalue weighted by atomic mass is 10.2. The summed E-state index contributed by atoms with van der Waals surface area (Å²) in [7, 11) is 1.66. The van der Waals surface area contributed by atoms with Gasteiger partial charge in [0.05, 0.1) is 23.9 Å². The average molecular weight is 464 g/mol. The molecule has 0 radical (unpaired) electrons. The molecular formula is C25H25N3O2S2. The Labute approximate surface area is 196 Å². The molecule has 0 saturated carbocycles. The lowest BCUT2D eigenvalue weighted by molar-refractivity contribution is -0.118. The van der Waals surface area contributed by atoms with Crippen LogP contribution in [0, 0.1) is 6.92 Å². The number of fused-ring (bicyclic) bond motifs is 1. The number of hydrogen-bond acceptors (Lipinski definition) is 6. The van der Waals surface area contributed by atoms with Gasteiger partial charge in [0.15, 0.2) is 5.13 Å². The number of benzene rings is 2. The number of anilines is 1. The standard InChI is InChI=1S/C25H25N3O2S2/c1-18-5-3-6-22-24(18)27-25(32-22)28(17-19-12-14-26-15-13-19)23(29)7-4-16-31-21-10-8-20(30-2)9-11-21/h3,5-6,8-15H,4,7,16-17H2,1-2H3. The van der Waals surface area contributed by atoms with Gasteiger partial charge >= 0.3 is 0 Å². The van der Waals surface area contributed by atoms with Crippen LogP contribution in [0.15, 0.2) is 71.9 Å². The molecule has 2 aromatic carbocycles. The van der Waals surface area contributed by atoms with E-state index in [1.54, 1.807) is 42.6 Å². The van der Waals surface area contributed by atoms with E-state index in [2.05, 4.69) is 24.0 Å². The van der Waals surface area contributed by atoms with E-state index < -0.39 is 0 Å². The van der Waals surface area contributed by atoms with Crippen LogP contribution in [0.5, 0.6) is 5.75 Å². The first kappa shape index (κ1) is 22.3. The van der Waals surface area contributed by atoms with Crippen LogP contribution in [0.25, 0.3) is 10.2 Å². The Morgan fingerprint density at radius 2 is 1.88 bits per heavy atom. The number of thioether (sulfide) groups is 1. The molecule has 0 fully saturated rings. The number of ether oxygens (including phenoxy) is 1. The van der Waals surface area contributed by atoms with E-state index in [0.29, 0.717) is 13.0 Å². The van der Waals surface area contributed by atoms with E-state index in [1.165, 1.54) is 4.90 Å². The number of methoxy groups -OCH3 is 1. The molecule has 0 aliphatic rings. The Bertz CT molecular complexity index is 1180. The summed E-state index contributed by atoms with van der Waals surface area (Å²) in [6.45, 7) is 2.54. The number of rotatable bonds is 9. The predicted octanol–water partition coefficient (Wildman–Crippen LogP) is 6.11. The van der Waals surface area contributed by atoms with E-state index >= 15 is 0 Å². The van der Waals surface area contributed by atoms with Crippen molar-refractivity contribution in [2.24, 2.45) is 0 Å². The minimum absolute atomic E-state index is 0.0915. The quantitative estimate of drug-likeness (QED) is 0.221. The van der Waals surface area contributed by atoms with Gasteiger partial charge in [-0.2, -0.15) is 0 Å². The molecule has 4 rings (SSSR count). The highest BCUT2D eigenvalue weighted by Crippen LogP contribution is 2.32. The average Bonchev–Trinajstić information content (AvgIpc) is 3.26. The van der Waals surface area contributed by atoms with Gasteiger partial charge in [-0.1, -0.05) is 23.5 Å². The van der Waals surface area contributed by atoms with Gasteiger partial charge in [-0.3, -0.25) is 14.7 Å². The molecule has 2 heterocycles. The van der Waals surface area contributed by atoms with Crippen LogP contribution in [-0.4, -0.2) is 28.7 Å². The van der Waals surface area contributed by atoms with Crippen molar-refractivity contribution >= 4 is 44.4 Å². The smallest absolute Gasteiger partial charge is 0.229 e. The molecule has 0 bridgehead atoms. The van der Waals surface area contributed by atoms with Crippen molar-refractivity contribution in [3.8, 4) is 5.75 Å². The van der Waals surface area contributed by atoms with Crippen LogP contribution in [-0.2, 0) is 11.3 Å². The normalized spacial score (nSPS) is 10.9. The number of pyridine rings is 1. The third kappa shape index (κ3) is 5.47. The number of aryl methyl sites for hydroxylation is 1. The molecule has 0 aliphatic heterocycles. The number of amides is 1. The van der Waals surface area contributed by atoms with Crippen molar-refractivity contribution in [3.63, 3.8) is 0 Å². The molecule has 32 heavy (non-hydrogen) atoms. The molecule has 1 amide bonds. The molecule has 7 heteroatoms. The fraction of sp³-hybridized carbons (Fsp3) is 0.240. The van der Waals surface area contributed by atoms with Crippen LogP contribution in [0.1, 0.15) is 24.0 Å². The Balaban J connectivity index is 1.44. The first-order chi connectivity index (χ1) is 15.6. The maximum atomic E-state index is 13.3. The van der Waals surface area contributed by atoms with Gasteiger partial charge in [0.25, 0.3) is 0 Å². The fourth-order valence-corrected chi connectivity index (χ4v) is 5.26. The number of para-hydroxylation sites is 1. The lowest BCUT2D eigenvalue weighted by Gasteiger charge is -2.20. The summed E-state index contributed by atoms with van der Waals surface area (Å²) < 4.78 is 6.30. The molecule has 4 aromatic rings. The monoisotopic (exact) mass is 463 g/mol. The Kier molecular flexibility index (Phi) is 7.39. The zero-order valence-corrected chi connectivity index (χ0v) is 19.8. The molecule has 2 aromatic heterocycles. The van der Waals surface area contributed by atoms with Gasteiger partial charge in [-0.25, -0.2) is 4.98 Å². The Hall–Kier alpha value is -2.90. The third-order valence-corrected chi connectivity index (χ3v) is 7.24. The second-order valence-electron chi connectivity index (χ2n) is 7.38. The topological polar surface area (TPSA) is 55.3 Å². The molecule has 0 atom stereocenters. The van der Waals surface area contributed by atoms with Crippen LogP contribution in [0.4, 0.5) is 5.13 Å². The van der Waals surface area contributed by atoms with Gasteiger partial charge < -0.3 is 4.74 Å². The number of hydrogen-bond donors (Lipinski definition) is 0. The summed E-state index contributed by atoms with van der Waals surface area (Å²) in [4.78, 5) is 25.2. The Morgan fingerprint density at radius 1 is 1.09 bits per heavy atom. The summed E-state index contributed by atoms with van der Waals surface area (Å²) in [6, 6.07) is 18.0. The first-order valence-electron chi connectivity index (χ1n) is 10.5. The van der Waals surface area contributed by atoms with Gasteiger partial charge in [0.2, 0.25) is 5.91 Å². The van der Waals surface area contributed by atoms with Gasteiger partial charge in [-0.15, -0.1) is 11.8 Å². The Morgan fingerprint density at radius 3 is 2.59 bits per heavy atom. The summed E-state index contributed by atoms with van der Waals surface area (Å²) in [5.74, 6) is 1.82. The van der Waals surface area contributed by atoms with Crippen molar-refractivity contribution < 1.29 is 9.53 Å². The zero-order chi connectivity index (χ0) is 22.3. The summed E-state index contributed by atoms with van der Waals surface area (Å²) in [6.07, 6.45) is 4.79. The predicted molar refractivity (Wildman–Crippen MR) is 133 cm³/mol. The van der Waals surface area contributed by atoms with E-state index in [0.717, 1.165) is 44.4 Å². The number of carbonyl (C=O) groups excluding carboxylic acids is 1. The van der Waals surface area contributed by atoms with Gasteiger partial charge in [-0.05, 0) is 72.7 Å². The molecular weight excluding hydrogens is 438 g/mol. The fourth-order valence-electron chi connectivity index (χ4n) is 3.34. The molecule has 0 saturated heterocycles. The molecule has 0 aliphatic carbocycles. The van der Waals surface area contributed by atoms with Crippen molar-refractivity contribution in [2.75, 3.05) is 17.8 Å². The summed E-state index contributed by atoms with van der Waals surface area (Å²) >= 11 is 3.32. The van der Waals surface area contributed by atoms with Crippen molar-refractivity contribution in [2.45, 2.75) is 31.2 Å². The summed E-state index contributed by atoms with van der Waals surface area (Å²) in [5, 5.41) is 0.749. The van der Waals surface area contributed by atoms with E-state index in [4.69, 9.17) is 9.72 Å². The lowest BCUT2D eigenvalue weighted by Crippen LogP contribution is -2.30. The van der Waals surface area contributed by atoms with Crippen molar-refractivity contribution in [3.05, 3.63) is 78.1 Å². The van der Waals surface area contributed by atoms with Crippen LogP contribution in [0.3, 0.4) is 0 Å². The SMILES string of the molecule is COc1ccc(SCCCC(=O)N(Cc2ccncc2)c2nc3c(C)cccc3s2)cc1. The van der Waals surface area contributed by atoms with E-state index in [9.17, 15) is 4.79 Å². The van der Waals surface area contributed by atoms with Crippen molar-refractivity contribution in [1.82, 2.24) is 9.97 Å². The maximum absolute atomic E-state index is 13.3. The highest BCUT2D eigenvalue weighted by atomic mass is 32.2. The summed E-state index contributed by atoms with van der Waals surface area (Å²) in [5.41, 5.74) is 3.13. The maximum Gasteiger partial charge on any atom is 0.229 e. The molecule has 0 unspecified atom stereocenters. The first-order valence-corrected chi connectivity index (χ1v) is 12.3. The molecule has 164 valence electrons. The second-order valence-corrected chi connectivity index (χ2v) is 9.56. The number of aromatic nitrogens is 2. The minimum Gasteiger partial charge on any atom is -0.497 e. The highest BCUT2D eigenvalue weighted by molar-refractivity contribution is 7.99. The molecule has 5 nitrogen and oxygen atoms in total. The highest BCUT2D eigenvalue weighted by Gasteiger charge is 2.20. The van der Waals surface area contributed by atoms with E-state index in [-0.39, 0.29) is 5.91 Å². The van der Waals surface area contributed by atoms with Gasteiger partial charge in [0, 0.05) is 23.7 Å². The zero-order valence-electron chi connectivity index (χ0n) is 18.2. The van der Waals surface area contributed by atoms with Crippen molar-refractivity contribution in [1.29, 1.82) is 0 Å². The number of carbonyl (C=O) groups is 1. The minimum atomic E-state index is 0.0915. The van der Waals surface area contributed by atoms with Crippen LogP contribution < -0.4 is 9.64 Å². The molecule has 0 spiro atoms.